The van der Waals surface area contributed by atoms with E-state index in [1.54, 1.807) is 15.6 Å². The average molecular weight is 512 g/mol. The molecule has 4 heteroatoms. The molecule has 0 fully saturated rings. The molecule has 0 aliphatic heterocycles. The Hall–Kier alpha value is -1.11. The second-order valence-corrected chi connectivity index (χ2v) is 26.4. The van der Waals surface area contributed by atoms with Crippen LogP contribution in [0, 0.1) is 13.8 Å². The van der Waals surface area contributed by atoms with Crippen molar-refractivity contribution in [2.45, 2.75) is 58.9 Å². The van der Waals surface area contributed by atoms with E-state index in [2.05, 4.69) is 84.9 Å². The molecule has 0 aliphatic rings. The van der Waals surface area contributed by atoms with Crippen molar-refractivity contribution in [3.05, 3.63) is 97.8 Å². The van der Waals surface area contributed by atoms with Crippen LogP contribution in [0.3, 0.4) is 0 Å². The first-order valence-corrected chi connectivity index (χ1v) is 21.7. The van der Waals surface area contributed by atoms with Gasteiger partial charge in [-0.05, 0) is 0 Å². The summed E-state index contributed by atoms with van der Waals surface area (Å²) >= 11 is 0. The van der Waals surface area contributed by atoms with Gasteiger partial charge in [-0.1, -0.05) is 71.1 Å². The van der Waals surface area contributed by atoms with Gasteiger partial charge in [-0.2, -0.15) is 65.7 Å². The number of hydrogen-bond donors (Lipinski definition) is 0. The van der Waals surface area contributed by atoms with E-state index in [0.29, 0.717) is 0 Å². The average Bonchev–Trinajstić information content (AvgIpc) is 3.11. The first-order valence-electron chi connectivity index (χ1n) is 11.2. The summed E-state index contributed by atoms with van der Waals surface area (Å²) in [6.07, 6.45) is 0. The Morgan fingerprint density at radius 3 is 1.16 bits per heavy atom. The fourth-order valence-electron chi connectivity index (χ4n) is 3.14. The molecule has 171 valence electrons. The van der Waals surface area contributed by atoms with Gasteiger partial charge in [-0.15, -0.1) is 24.3 Å². The predicted molar refractivity (Wildman–Crippen MR) is 153 cm³/mol. The molecule has 3 aromatic carbocycles. The van der Waals surface area contributed by atoms with Crippen molar-refractivity contribution < 1.29 is 21.7 Å². The molecule has 0 amide bonds. The molecule has 3 aromatic rings. The molecule has 0 heterocycles. The Morgan fingerprint density at radius 2 is 0.969 bits per heavy atom. The molecule has 0 aliphatic carbocycles. The minimum atomic E-state index is -1.19. The third kappa shape index (κ3) is 11.2. The van der Waals surface area contributed by atoms with Crippen LogP contribution >= 0.6 is 0 Å². The van der Waals surface area contributed by atoms with Crippen molar-refractivity contribution in [2.24, 2.45) is 0 Å². The zero-order chi connectivity index (χ0) is 23.9. The van der Waals surface area contributed by atoms with Crippen molar-refractivity contribution in [3.63, 3.8) is 0 Å². The zero-order valence-electron chi connectivity index (χ0n) is 21.8. The minimum Gasteiger partial charge on any atom is -0.213 e. The fourth-order valence-corrected chi connectivity index (χ4v) is 9.77. The van der Waals surface area contributed by atoms with Gasteiger partial charge in [0.2, 0.25) is 0 Å². The van der Waals surface area contributed by atoms with Crippen LogP contribution in [0.25, 0.3) is 0 Å². The van der Waals surface area contributed by atoms with E-state index in [1.807, 2.05) is 60.7 Å². The standard InChI is InChI=1S/C14H29Si3.2C7H7.Ti/c1-15(2,3)12-10-13(16(4,5)6)14(11-12)17(7,8)9;2*1-7-5-3-2-4-6-7;/h10-11H,1-9H3;2*2-6H,1H2;/q3*-1;+3. The molecular formula is C28H43Si3Ti. The van der Waals surface area contributed by atoms with E-state index in [-0.39, 0.29) is 21.7 Å². The molecule has 3 rings (SSSR count). The molecule has 1 radical (unpaired) electrons. The first kappa shape index (κ1) is 30.9. The van der Waals surface area contributed by atoms with Gasteiger partial charge in [0.1, 0.15) is 0 Å². The fraction of sp³-hybridized carbons (Fsp3) is 0.321. The molecule has 0 aromatic heterocycles. The summed E-state index contributed by atoms with van der Waals surface area (Å²) in [6.45, 7) is 29.7. The Bertz CT molecular complexity index is 825. The SMILES string of the molecule is C[Si](C)(C)c1cc([Si](C)(C)C)[c-]([Si](C)(C)C)c1.[CH2-]c1ccccc1.[CH2-]c1ccccc1.[Ti+3]. The van der Waals surface area contributed by atoms with Gasteiger partial charge in [0, 0.05) is 16.1 Å². The monoisotopic (exact) mass is 511 g/mol. The van der Waals surface area contributed by atoms with E-state index < -0.39 is 24.2 Å². The van der Waals surface area contributed by atoms with Crippen LogP contribution in [-0.4, -0.2) is 24.2 Å². The Kier molecular flexibility index (Phi) is 12.5. The number of benzene rings is 2. The van der Waals surface area contributed by atoms with Gasteiger partial charge in [0.15, 0.2) is 0 Å². The van der Waals surface area contributed by atoms with Crippen molar-refractivity contribution in [3.8, 4) is 0 Å². The molecule has 0 atom stereocenters. The molecule has 0 nitrogen and oxygen atoms in total. The Balaban J connectivity index is 0.000000525. The summed E-state index contributed by atoms with van der Waals surface area (Å²) < 4.78 is 0. The molecule has 32 heavy (non-hydrogen) atoms. The van der Waals surface area contributed by atoms with Crippen LogP contribution in [0.15, 0.2) is 72.8 Å². The molecule has 0 spiro atoms. The van der Waals surface area contributed by atoms with Crippen molar-refractivity contribution in [1.29, 1.82) is 0 Å². The first-order chi connectivity index (χ1) is 14.1. The molecule has 0 saturated heterocycles. The second-order valence-electron chi connectivity index (χ2n) is 11.3. The van der Waals surface area contributed by atoms with Crippen molar-refractivity contribution in [1.82, 2.24) is 0 Å². The van der Waals surface area contributed by atoms with Crippen LogP contribution in [0.2, 0.25) is 58.9 Å². The molecular weight excluding hydrogens is 468 g/mol. The summed E-state index contributed by atoms with van der Waals surface area (Å²) in [5.74, 6) is 0. The van der Waals surface area contributed by atoms with Gasteiger partial charge >= 0.3 is 21.7 Å². The number of hydrogen-bond acceptors (Lipinski definition) is 0. The Labute approximate surface area is 217 Å². The maximum absolute atomic E-state index is 3.72. The maximum atomic E-state index is 3.72. The number of rotatable bonds is 3. The van der Waals surface area contributed by atoms with Crippen molar-refractivity contribution >= 4 is 39.8 Å². The third-order valence-electron chi connectivity index (χ3n) is 5.06. The normalized spacial score (nSPS) is 11.3. The summed E-state index contributed by atoms with van der Waals surface area (Å²) in [5, 5.41) is 5.16. The Morgan fingerprint density at radius 1 is 0.594 bits per heavy atom. The van der Waals surface area contributed by atoms with Crippen molar-refractivity contribution in [2.75, 3.05) is 0 Å². The van der Waals surface area contributed by atoms with E-state index in [4.69, 9.17) is 0 Å². The summed E-state index contributed by atoms with van der Waals surface area (Å²) in [5.41, 5.74) is 2.14. The van der Waals surface area contributed by atoms with Gasteiger partial charge in [-0.3, -0.25) is 0 Å². The summed E-state index contributed by atoms with van der Waals surface area (Å²) in [6, 6.07) is 24.9. The predicted octanol–water partition coefficient (Wildman–Crippen LogP) is 6.78. The van der Waals surface area contributed by atoms with E-state index in [0.717, 1.165) is 11.1 Å². The van der Waals surface area contributed by atoms with Crippen LogP contribution < -0.4 is 15.6 Å². The minimum absolute atomic E-state index is 0. The van der Waals surface area contributed by atoms with Gasteiger partial charge in [-0.25, -0.2) is 11.3 Å². The van der Waals surface area contributed by atoms with E-state index >= 15 is 0 Å². The molecule has 0 unspecified atom stereocenters. The quantitative estimate of drug-likeness (QED) is 0.269. The zero-order valence-corrected chi connectivity index (χ0v) is 26.4. The van der Waals surface area contributed by atoms with Crippen LogP contribution in [0.1, 0.15) is 11.1 Å². The van der Waals surface area contributed by atoms with Gasteiger partial charge < -0.3 is 0 Å². The van der Waals surface area contributed by atoms with E-state index in [9.17, 15) is 0 Å². The van der Waals surface area contributed by atoms with Crippen LogP contribution in [0.5, 0.6) is 0 Å². The molecule has 0 bridgehead atoms. The van der Waals surface area contributed by atoms with Gasteiger partial charge in [0.05, 0.1) is 8.07 Å². The summed E-state index contributed by atoms with van der Waals surface area (Å²) in [4.78, 5) is 0. The largest absolute Gasteiger partial charge is 3.00 e. The van der Waals surface area contributed by atoms with Crippen LogP contribution in [0.4, 0.5) is 0 Å². The van der Waals surface area contributed by atoms with E-state index in [1.165, 1.54) is 0 Å². The second kappa shape index (κ2) is 13.0. The van der Waals surface area contributed by atoms with Gasteiger partial charge in [0.25, 0.3) is 0 Å². The van der Waals surface area contributed by atoms with Crippen LogP contribution in [-0.2, 0) is 21.7 Å². The smallest absolute Gasteiger partial charge is 0.213 e. The maximum Gasteiger partial charge on any atom is 3.00 e. The summed E-state index contributed by atoms with van der Waals surface area (Å²) in [7, 11) is -3.53. The molecule has 0 saturated carbocycles. The third-order valence-corrected chi connectivity index (χ3v) is 11.4. The molecule has 0 N–H and O–H groups in total. The topological polar surface area (TPSA) is 0 Å².